The molecule has 1 heterocycles. The number of nitrogens with zero attached hydrogens (tertiary/aromatic N) is 3. The maximum atomic E-state index is 13.1. The zero-order valence-corrected chi connectivity index (χ0v) is 11.3. The van der Waals surface area contributed by atoms with E-state index in [9.17, 15) is 4.39 Å². The molecule has 0 radical (unpaired) electrons. The van der Waals surface area contributed by atoms with Gasteiger partial charge in [0.15, 0.2) is 0 Å². The van der Waals surface area contributed by atoms with E-state index in [4.69, 9.17) is 5.73 Å². The molecule has 0 bridgehead atoms. The van der Waals surface area contributed by atoms with Crippen molar-refractivity contribution in [1.82, 2.24) is 14.7 Å². The van der Waals surface area contributed by atoms with Gasteiger partial charge in [0, 0.05) is 37.9 Å². The number of aromatic nitrogens is 2. The van der Waals surface area contributed by atoms with E-state index < -0.39 is 0 Å². The Morgan fingerprint density at radius 2 is 2.26 bits per heavy atom. The minimum atomic E-state index is -0.247. The summed E-state index contributed by atoms with van der Waals surface area (Å²) in [4.78, 5) is 2.10. The van der Waals surface area contributed by atoms with Gasteiger partial charge in [-0.2, -0.15) is 5.10 Å². The molecule has 0 aliphatic rings. The van der Waals surface area contributed by atoms with Crippen molar-refractivity contribution in [3.05, 3.63) is 53.6 Å². The van der Waals surface area contributed by atoms with Gasteiger partial charge in [-0.15, -0.1) is 0 Å². The van der Waals surface area contributed by atoms with Crippen LogP contribution in [0.25, 0.3) is 0 Å². The summed E-state index contributed by atoms with van der Waals surface area (Å²) in [6.07, 6.45) is 3.81. The predicted octanol–water partition coefficient (Wildman–Crippen LogP) is 1.69. The Balaban J connectivity index is 1.93. The third kappa shape index (κ3) is 3.87. The number of hydrogen-bond acceptors (Lipinski definition) is 3. The zero-order valence-electron chi connectivity index (χ0n) is 11.3. The number of aryl methyl sites for hydroxylation is 1. The SMILES string of the molecule is CN(Cc1cnn(C)c1)CC(N)c1cccc(F)c1. The zero-order chi connectivity index (χ0) is 13.8. The van der Waals surface area contributed by atoms with Crippen LogP contribution in [-0.2, 0) is 13.6 Å². The first-order valence-electron chi connectivity index (χ1n) is 6.21. The minimum absolute atomic E-state index is 0.197. The van der Waals surface area contributed by atoms with Crippen LogP contribution >= 0.6 is 0 Å². The fourth-order valence-electron chi connectivity index (χ4n) is 2.11. The molecule has 0 fully saturated rings. The molecule has 5 heteroatoms. The summed E-state index contributed by atoms with van der Waals surface area (Å²) in [5.41, 5.74) is 8.05. The summed E-state index contributed by atoms with van der Waals surface area (Å²) in [5.74, 6) is -0.247. The average molecular weight is 262 g/mol. The molecule has 1 aromatic carbocycles. The van der Waals surface area contributed by atoms with Crippen molar-refractivity contribution in [2.45, 2.75) is 12.6 Å². The highest BCUT2D eigenvalue weighted by atomic mass is 19.1. The van der Waals surface area contributed by atoms with Crippen molar-refractivity contribution in [3.63, 3.8) is 0 Å². The number of likely N-dealkylation sites (N-methyl/N-ethyl adjacent to an activating group) is 1. The van der Waals surface area contributed by atoms with E-state index >= 15 is 0 Å². The molecule has 19 heavy (non-hydrogen) atoms. The summed E-state index contributed by atoms with van der Waals surface area (Å²) in [6.45, 7) is 1.44. The second-order valence-corrected chi connectivity index (χ2v) is 4.88. The van der Waals surface area contributed by atoms with E-state index in [1.165, 1.54) is 12.1 Å². The molecule has 1 aromatic heterocycles. The van der Waals surface area contributed by atoms with Crippen LogP contribution in [-0.4, -0.2) is 28.3 Å². The largest absolute Gasteiger partial charge is 0.323 e. The second-order valence-electron chi connectivity index (χ2n) is 4.88. The first-order valence-corrected chi connectivity index (χ1v) is 6.21. The first-order chi connectivity index (χ1) is 9.04. The third-order valence-electron chi connectivity index (χ3n) is 3.00. The maximum Gasteiger partial charge on any atom is 0.123 e. The van der Waals surface area contributed by atoms with Crippen molar-refractivity contribution >= 4 is 0 Å². The minimum Gasteiger partial charge on any atom is -0.323 e. The normalized spacial score (nSPS) is 12.9. The molecular weight excluding hydrogens is 243 g/mol. The van der Waals surface area contributed by atoms with E-state index in [1.807, 2.05) is 32.6 Å². The Hall–Kier alpha value is -1.72. The van der Waals surface area contributed by atoms with E-state index in [2.05, 4.69) is 10.00 Å². The average Bonchev–Trinajstić information content (AvgIpc) is 2.74. The van der Waals surface area contributed by atoms with Crippen LogP contribution in [0, 0.1) is 5.82 Å². The van der Waals surface area contributed by atoms with Crippen molar-refractivity contribution in [3.8, 4) is 0 Å². The van der Waals surface area contributed by atoms with Crippen molar-refractivity contribution in [1.29, 1.82) is 0 Å². The Kier molecular flexibility index (Phi) is 4.29. The molecule has 4 nitrogen and oxygen atoms in total. The predicted molar refractivity (Wildman–Crippen MR) is 72.9 cm³/mol. The van der Waals surface area contributed by atoms with Crippen LogP contribution in [0.4, 0.5) is 4.39 Å². The molecule has 0 aliphatic carbocycles. The van der Waals surface area contributed by atoms with E-state index in [0.29, 0.717) is 6.54 Å². The lowest BCUT2D eigenvalue weighted by Gasteiger charge is -2.21. The second kappa shape index (κ2) is 5.95. The van der Waals surface area contributed by atoms with Gasteiger partial charge >= 0.3 is 0 Å². The van der Waals surface area contributed by atoms with Crippen LogP contribution < -0.4 is 5.73 Å². The summed E-state index contributed by atoms with van der Waals surface area (Å²) in [6, 6.07) is 6.26. The number of benzene rings is 1. The van der Waals surface area contributed by atoms with Gasteiger partial charge in [0.25, 0.3) is 0 Å². The lowest BCUT2D eigenvalue weighted by molar-refractivity contribution is 0.305. The molecule has 0 saturated heterocycles. The van der Waals surface area contributed by atoms with Crippen molar-refractivity contribution in [2.75, 3.05) is 13.6 Å². The van der Waals surface area contributed by atoms with Gasteiger partial charge in [-0.1, -0.05) is 12.1 Å². The highest BCUT2D eigenvalue weighted by Gasteiger charge is 2.11. The Morgan fingerprint density at radius 1 is 1.47 bits per heavy atom. The monoisotopic (exact) mass is 262 g/mol. The maximum absolute atomic E-state index is 13.1. The van der Waals surface area contributed by atoms with Crippen LogP contribution in [0.1, 0.15) is 17.2 Å². The van der Waals surface area contributed by atoms with Crippen LogP contribution in [0.5, 0.6) is 0 Å². The van der Waals surface area contributed by atoms with Gasteiger partial charge in [-0.3, -0.25) is 4.68 Å². The standard InChI is InChI=1S/C14H19FN4/c1-18(8-11-7-17-19(2)9-11)10-14(16)12-4-3-5-13(15)6-12/h3-7,9,14H,8,10,16H2,1-2H3. The highest BCUT2D eigenvalue weighted by molar-refractivity contribution is 5.20. The first kappa shape index (κ1) is 13.7. The van der Waals surface area contributed by atoms with Gasteiger partial charge in [0.1, 0.15) is 5.82 Å². The molecule has 1 unspecified atom stereocenters. The van der Waals surface area contributed by atoms with Gasteiger partial charge < -0.3 is 10.6 Å². The molecule has 2 aromatic rings. The molecule has 0 spiro atoms. The Bertz CT molecular complexity index is 538. The molecule has 1 atom stereocenters. The van der Waals surface area contributed by atoms with Gasteiger partial charge in [-0.25, -0.2) is 4.39 Å². The number of rotatable bonds is 5. The van der Waals surface area contributed by atoms with E-state index in [1.54, 1.807) is 10.7 Å². The van der Waals surface area contributed by atoms with Crippen LogP contribution in [0.3, 0.4) is 0 Å². The number of nitrogens with two attached hydrogens (primary N) is 1. The molecular formula is C14H19FN4. The summed E-state index contributed by atoms with van der Waals surface area (Å²) in [5, 5.41) is 4.13. The lowest BCUT2D eigenvalue weighted by Crippen LogP contribution is -2.28. The van der Waals surface area contributed by atoms with E-state index in [-0.39, 0.29) is 11.9 Å². The molecule has 2 N–H and O–H groups in total. The van der Waals surface area contributed by atoms with Crippen molar-refractivity contribution in [2.24, 2.45) is 12.8 Å². The molecule has 0 aliphatic heterocycles. The highest BCUT2D eigenvalue weighted by Crippen LogP contribution is 2.13. The fourth-order valence-corrected chi connectivity index (χ4v) is 2.11. The Labute approximate surface area is 112 Å². The summed E-state index contributed by atoms with van der Waals surface area (Å²) in [7, 11) is 3.88. The van der Waals surface area contributed by atoms with Gasteiger partial charge in [0.05, 0.1) is 6.20 Å². The molecule has 0 saturated carbocycles. The van der Waals surface area contributed by atoms with Gasteiger partial charge in [0.2, 0.25) is 0 Å². The smallest absolute Gasteiger partial charge is 0.123 e. The third-order valence-corrected chi connectivity index (χ3v) is 3.00. The van der Waals surface area contributed by atoms with Crippen LogP contribution in [0.2, 0.25) is 0 Å². The summed E-state index contributed by atoms with van der Waals surface area (Å²) >= 11 is 0. The number of halogens is 1. The summed E-state index contributed by atoms with van der Waals surface area (Å²) < 4.78 is 14.9. The molecule has 0 amide bonds. The quantitative estimate of drug-likeness (QED) is 0.892. The number of hydrogen-bond donors (Lipinski definition) is 1. The fraction of sp³-hybridized carbons (Fsp3) is 0.357. The topological polar surface area (TPSA) is 47.1 Å². The lowest BCUT2D eigenvalue weighted by atomic mass is 10.1. The molecule has 102 valence electrons. The van der Waals surface area contributed by atoms with E-state index in [0.717, 1.165) is 17.7 Å². The van der Waals surface area contributed by atoms with Crippen LogP contribution in [0.15, 0.2) is 36.7 Å². The van der Waals surface area contributed by atoms with Crippen molar-refractivity contribution < 1.29 is 4.39 Å². The Morgan fingerprint density at radius 3 is 2.89 bits per heavy atom. The molecule has 2 rings (SSSR count). The van der Waals surface area contributed by atoms with Gasteiger partial charge in [-0.05, 0) is 24.7 Å².